The number of hydrogen-bond donors (Lipinski definition) is 2. The molecule has 0 aliphatic carbocycles. The van der Waals surface area contributed by atoms with Gasteiger partial charge < -0.3 is 25.2 Å². The molecule has 0 aromatic heterocycles. The second kappa shape index (κ2) is 13.1. The Morgan fingerprint density at radius 2 is 2.14 bits per heavy atom. The normalized spacial score (nSPS) is 16.9. The van der Waals surface area contributed by atoms with Gasteiger partial charge in [-0.3, -0.25) is 4.79 Å². The number of piperidine rings is 1. The quantitative estimate of drug-likeness (QED) is 0.248. The van der Waals surface area contributed by atoms with Crippen molar-refractivity contribution in [1.29, 1.82) is 0 Å². The molecule has 0 saturated carbocycles. The van der Waals surface area contributed by atoms with E-state index in [9.17, 15) is 4.79 Å². The number of aliphatic imine (C=N–C) groups is 1. The van der Waals surface area contributed by atoms with Gasteiger partial charge in [0.05, 0.1) is 17.3 Å². The molecule has 1 heterocycles. The summed E-state index contributed by atoms with van der Waals surface area (Å²) in [7, 11) is 5.11. The number of ether oxygens (including phenoxy) is 1. The summed E-state index contributed by atoms with van der Waals surface area (Å²) < 4.78 is 5.09. The van der Waals surface area contributed by atoms with Crippen LogP contribution in [0.3, 0.4) is 0 Å². The van der Waals surface area contributed by atoms with Crippen LogP contribution in [0.4, 0.5) is 5.69 Å². The van der Waals surface area contributed by atoms with E-state index in [1.54, 1.807) is 21.2 Å². The van der Waals surface area contributed by atoms with Gasteiger partial charge in [-0.15, -0.1) is 24.0 Å². The Morgan fingerprint density at radius 1 is 1.39 bits per heavy atom. The largest absolute Gasteiger partial charge is 0.383 e. The van der Waals surface area contributed by atoms with Crippen molar-refractivity contribution in [2.45, 2.75) is 18.9 Å². The minimum Gasteiger partial charge on any atom is -0.383 e. The monoisotopic (exact) mass is 523 g/mol. The molecule has 9 heteroatoms. The molecule has 2 rings (SSSR count). The summed E-state index contributed by atoms with van der Waals surface area (Å²) in [6.45, 7) is 3.11. The number of para-hydroxylation sites is 1. The fraction of sp³-hybridized carbons (Fsp3) is 0.579. The smallest absolute Gasteiger partial charge is 0.243 e. The van der Waals surface area contributed by atoms with E-state index in [-0.39, 0.29) is 42.5 Å². The van der Waals surface area contributed by atoms with Gasteiger partial charge in [0, 0.05) is 46.9 Å². The maximum Gasteiger partial charge on any atom is 0.243 e. The molecule has 1 fully saturated rings. The number of carbonyl (C=O) groups excluding carboxylic acids is 1. The van der Waals surface area contributed by atoms with Crippen molar-refractivity contribution in [3.05, 3.63) is 29.3 Å². The molecule has 1 aliphatic heterocycles. The van der Waals surface area contributed by atoms with Gasteiger partial charge in [0.2, 0.25) is 5.91 Å². The highest BCUT2D eigenvalue weighted by atomic mass is 127. The molecule has 7 nitrogen and oxygen atoms in total. The van der Waals surface area contributed by atoms with E-state index in [2.05, 4.69) is 20.5 Å². The van der Waals surface area contributed by atoms with Gasteiger partial charge in [-0.1, -0.05) is 23.7 Å². The van der Waals surface area contributed by atoms with E-state index in [1.165, 1.54) is 4.90 Å². The Morgan fingerprint density at radius 3 is 2.82 bits per heavy atom. The van der Waals surface area contributed by atoms with Gasteiger partial charge in [-0.05, 0) is 25.0 Å². The van der Waals surface area contributed by atoms with Crippen molar-refractivity contribution < 1.29 is 9.53 Å². The predicted molar refractivity (Wildman–Crippen MR) is 126 cm³/mol. The molecule has 0 bridgehead atoms. The number of rotatable bonds is 7. The molecular weight excluding hydrogens is 493 g/mol. The summed E-state index contributed by atoms with van der Waals surface area (Å²) in [5.74, 6) is 0.595. The number of carbonyl (C=O) groups is 1. The molecule has 1 unspecified atom stereocenters. The number of benzene rings is 1. The Balaban J connectivity index is 0.00000392. The average Bonchev–Trinajstić information content (AvgIpc) is 2.66. The van der Waals surface area contributed by atoms with Crippen LogP contribution in [0, 0.1) is 0 Å². The number of halogens is 2. The highest BCUT2D eigenvalue weighted by Gasteiger charge is 2.22. The molecule has 1 saturated heterocycles. The lowest BCUT2D eigenvalue weighted by atomic mass is 10.0. The number of nitrogens with zero attached hydrogens (tertiary/aromatic N) is 3. The fourth-order valence-electron chi connectivity index (χ4n) is 2.93. The van der Waals surface area contributed by atoms with Crippen LogP contribution in [0.5, 0.6) is 0 Å². The maximum atomic E-state index is 11.9. The van der Waals surface area contributed by atoms with Crippen molar-refractivity contribution in [2.24, 2.45) is 4.99 Å². The molecule has 158 valence electrons. The van der Waals surface area contributed by atoms with Gasteiger partial charge in [0.15, 0.2) is 5.96 Å². The maximum absolute atomic E-state index is 11.9. The molecule has 2 N–H and O–H groups in total. The Kier molecular flexibility index (Phi) is 11.6. The third-order valence-corrected chi connectivity index (χ3v) is 4.74. The number of anilines is 1. The van der Waals surface area contributed by atoms with E-state index < -0.39 is 0 Å². The number of amides is 1. The lowest BCUT2D eigenvalue weighted by Gasteiger charge is -2.35. The van der Waals surface area contributed by atoms with Crippen LogP contribution in [0.25, 0.3) is 0 Å². The summed E-state index contributed by atoms with van der Waals surface area (Å²) in [4.78, 5) is 20.1. The molecular formula is C19H31ClIN5O2. The molecule has 1 aromatic rings. The van der Waals surface area contributed by atoms with E-state index in [4.69, 9.17) is 16.3 Å². The fourth-order valence-corrected chi connectivity index (χ4v) is 3.18. The van der Waals surface area contributed by atoms with E-state index in [1.807, 2.05) is 24.3 Å². The Hall–Kier alpha value is -1.26. The molecule has 0 radical (unpaired) electrons. The molecule has 1 amide bonds. The summed E-state index contributed by atoms with van der Waals surface area (Å²) in [5.41, 5.74) is 1.05. The highest BCUT2D eigenvalue weighted by Crippen LogP contribution is 2.27. The average molecular weight is 524 g/mol. The van der Waals surface area contributed by atoms with Crippen molar-refractivity contribution in [1.82, 2.24) is 15.5 Å². The van der Waals surface area contributed by atoms with E-state index in [0.717, 1.165) is 36.6 Å². The first kappa shape index (κ1) is 24.8. The minimum absolute atomic E-state index is 0. The van der Waals surface area contributed by atoms with E-state index in [0.29, 0.717) is 19.1 Å². The zero-order valence-electron chi connectivity index (χ0n) is 16.8. The number of guanidine groups is 1. The van der Waals surface area contributed by atoms with Crippen LogP contribution in [0.15, 0.2) is 29.3 Å². The van der Waals surface area contributed by atoms with Crippen LogP contribution in [-0.4, -0.2) is 76.8 Å². The molecule has 28 heavy (non-hydrogen) atoms. The van der Waals surface area contributed by atoms with Crippen molar-refractivity contribution in [3.63, 3.8) is 0 Å². The SMILES string of the molecule is COCCNC(=NCC(=O)N(C)C)NC1CCCN(c2ccccc2Cl)C1.I. The predicted octanol–water partition coefficient (Wildman–Crippen LogP) is 2.20. The van der Waals surface area contributed by atoms with Gasteiger partial charge in [0.25, 0.3) is 0 Å². The van der Waals surface area contributed by atoms with Crippen molar-refractivity contribution in [2.75, 3.05) is 58.9 Å². The van der Waals surface area contributed by atoms with Crippen molar-refractivity contribution in [3.8, 4) is 0 Å². The highest BCUT2D eigenvalue weighted by molar-refractivity contribution is 14.0. The first-order chi connectivity index (χ1) is 13.0. The third kappa shape index (κ3) is 8.00. The number of hydrogen-bond acceptors (Lipinski definition) is 4. The lowest BCUT2D eigenvalue weighted by molar-refractivity contribution is -0.127. The summed E-state index contributed by atoms with van der Waals surface area (Å²) in [5, 5.41) is 7.45. The van der Waals surface area contributed by atoms with Crippen LogP contribution in [0.2, 0.25) is 5.02 Å². The van der Waals surface area contributed by atoms with Crippen LogP contribution in [-0.2, 0) is 9.53 Å². The van der Waals surface area contributed by atoms with Gasteiger partial charge in [-0.25, -0.2) is 4.99 Å². The van der Waals surface area contributed by atoms with Gasteiger partial charge in [-0.2, -0.15) is 0 Å². The third-order valence-electron chi connectivity index (χ3n) is 4.43. The number of nitrogens with one attached hydrogen (secondary N) is 2. The first-order valence-corrected chi connectivity index (χ1v) is 9.62. The summed E-state index contributed by atoms with van der Waals surface area (Å²) in [6, 6.07) is 8.13. The summed E-state index contributed by atoms with van der Waals surface area (Å²) >= 11 is 6.36. The van der Waals surface area contributed by atoms with Crippen LogP contribution < -0.4 is 15.5 Å². The van der Waals surface area contributed by atoms with Gasteiger partial charge >= 0.3 is 0 Å². The van der Waals surface area contributed by atoms with Crippen molar-refractivity contribution >= 4 is 53.1 Å². The summed E-state index contributed by atoms with van der Waals surface area (Å²) in [6.07, 6.45) is 2.10. The first-order valence-electron chi connectivity index (χ1n) is 9.24. The zero-order valence-corrected chi connectivity index (χ0v) is 19.9. The topological polar surface area (TPSA) is 69.2 Å². The standard InChI is InChI=1S/C19H30ClN5O2.HI/c1-24(2)18(26)13-22-19(21-10-12-27-3)23-15-7-6-11-25(14-15)17-9-5-4-8-16(17)20;/h4-5,8-9,15H,6-7,10-14H2,1-3H3,(H2,21,22,23);1H. The molecule has 1 atom stereocenters. The lowest BCUT2D eigenvalue weighted by Crippen LogP contribution is -2.52. The molecule has 0 spiro atoms. The second-order valence-electron chi connectivity index (χ2n) is 6.75. The van der Waals surface area contributed by atoms with Crippen LogP contribution >= 0.6 is 35.6 Å². The van der Waals surface area contributed by atoms with Crippen LogP contribution in [0.1, 0.15) is 12.8 Å². The number of methoxy groups -OCH3 is 1. The van der Waals surface area contributed by atoms with E-state index >= 15 is 0 Å². The second-order valence-corrected chi connectivity index (χ2v) is 7.16. The molecule has 1 aliphatic rings. The Bertz CT molecular complexity index is 645. The Labute approximate surface area is 189 Å². The molecule has 1 aromatic carbocycles. The van der Waals surface area contributed by atoms with Gasteiger partial charge in [0.1, 0.15) is 6.54 Å². The zero-order chi connectivity index (χ0) is 19.6. The number of likely N-dealkylation sites (N-methyl/N-ethyl adjacent to an activating group) is 1. The minimum atomic E-state index is -0.0378.